The average molecular weight is 200 g/mol. The Morgan fingerprint density at radius 2 is 1.14 bits per heavy atom. The Kier molecular flexibility index (Phi) is 6.09. The summed E-state index contributed by atoms with van der Waals surface area (Å²) in [5, 5.41) is 0. The van der Waals surface area contributed by atoms with E-state index in [4.69, 9.17) is 0 Å². The molecule has 0 N–H and O–H groups in total. The third-order valence-corrected chi connectivity index (χ3v) is 1.98. The van der Waals surface area contributed by atoms with Crippen molar-refractivity contribution in [3.8, 4) is 0 Å². The van der Waals surface area contributed by atoms with Crippen molar-refractivity contribution in [2.24, 2.45) is 0 Å². The van der Waals surface area contributed by atoms with Crippen molar-refractivity contribution in [1.82, 2.24) is 0 Å². The molecule has 2 heteroatoms. The standard InChI is InChI=1S/C10H12F2.C2H6/c1-3-7-5-10(12)8(4-2)6-9(7)11;1-2/h5-6H,3-4H2,1-2H3;1-2H3. The van der Waals surface area contributed by atoms with Crippen LogP contribution in [0.4, 0.5) is 8.78 Å². The molecule has 0 saturated carbocycles. The molecule has 0 aromatic heterocycles. The molecule has 0 aliphatic rings. The van der Waals surface area contributed by atoms with Gasteiger partial charge in [0.2, 0.25) is 0 Å². The van der Waals surface area contributed by atoms with Gasteiger partial charge in [0.15, 0.2) is 0 Å². The first-order chi connectivity index (χ1) is 6.69. The highest BCUT2D eigenvalue weighted by Crippen LogP contribution is 2.15. The molecule has 0 amide bonds. The first-order valence-corrected chi connectivity index (χ1v) is 5.15. The van der Waals surface area contributed by atoms with E-state index in [9.17, 15) is 8.78 Å². The number of benzene rings is 1. The van der Waals surface area contributed by atoms with Gasteiger partial charge in [0.1, 0.15) is 11.6 Å². The molecule has 80 valence electrons. The van der Waals surface area contributed by atoms with E-state index in [1.165, 1.54) is 12.1 Å². The lowest BCUT2D eigenvalue weighted by Crippen LogP contribution is -1.95. The molecule has 0 unspecified atom stereocenters. The predicted molar refractivity (Wildman–Crippen MR) is 56.5 cm³/mol. The smallest absolute Gasteiger partial charge is 0.126 e. The molecule has 0 radical (unpaired) electrons. The maximum Gasteiger partial charge on any atom is 0.126 e. The van der Waals surface area contributed by atoms with Gasteiger partial charge in [-0.1, -0.05) is 27.7 Å². The molecule has 0 fully saturated rings. The summed E-state index contributed by atoms with van der Waals surface area (Å²) < 4.78 is 26.1. The fraction of sp³-hybridized carbons (Fsp3) is 0.500. The van der Waals surface area contributed by atoms with E-state index in [0.29, 0.717) is 24.0 Å². The zero-order chi connectivity index (χ0) is 11.1. The highest BCUT2D eigenvalue weighted by atomic mass is 19.1. The molecule has 0 bridgehead atoms. The van der Waals surface area contributed by atoms with Crippen molar-refractivity contribution in [3.63, 3.8) is 0 Å². The molecule has 0 nitrogen and oxygen atoms in total. The minimum atomic E-state index is -0.296. The van der Waals surface area contributed by atoms with Crippen molar-refractivity contribution >= 4 is 0 Å². The van der Waals surface area contributed by atoms with Crippen molar-refractivity contribution in [1.29, 1.82) is 0 Å². The second-order valence-corrected chi connectivity index (χ2v) is 2.74. The summed E-state index contributed by atoms with van der Waals surface area (Å²) in [4.78, 5) is 0. The fourth-order valence-corrected chi connectivity index (χ4v) is 1.17. The van der Waals surface area contributed by atoms with E-state index in [2.05, 4.69) is 0 Å². The second kappa shape index (κ2) is 6.52. The third-order valence-electron chi connectivity index (χ3n) is 1.98. The van der Waals surface area contributed by atoms with Crippen molar-refractivity contribution in [3.05, 3.63) is 34.9 Å². The minimum absolute atomic E-state index is 0.296. The van der Waals surface area contributed by atoms with Crippen LogP contribution in [-0.2, 0) is 12.8 Å². The molecule has 0 aliphatic heterocycles. The van der Waals surface area contributed by atoms with Gasteiger partial charge in [-0.25, -0.2) is 8.78 Å². The number of hydrogen-bond acceptors (Lipinski definition) is 0. The summed E-state index contributed by atoms with van der Waals surface area (Å²) in [6, 6.07) is 2.57. The van der Waals surface area contributed by atoms with Gasteiger partial charge in [0, 0.05) is 0 Å². The van der Waals surface area contributed by atoms with E-state index >= 15 is 0 Å². The molecule has 0 saturated heterocycles. The lowest BCUT2D eigenvalue weighted by Gasteiger charge is -2.03. The van der Waals surface area contributed by atoms with Crippen LogP contribution in [0.25, 0.3) is 0 Å². The van der Waals surface area contributed by atoms with Crippen molar-refractivity contribution < 1.29 is 8.78 Å². The number of rotatable bonds is 2. The largest absolute Gasteiger partial charge is 0.207 e. The summed E-state index contributed by atoms with van der Waals surface area (Å²) in [5.41, 5.74) is 0.898. The van der Waals surface area contributed by atoms with Crippen LogP contribution in [0.3, 0.4) is 0 Å². The van der Waals surface area contributed by atoms with E-state index in [-0.39, 0.29) is 11.6 Å². The SMILES string of the molecule is CC.CCc1cc(F)c(CC)cc1F. The first kappa shape index (κ1) is 13.1. The van der Waals surface area contributed by atoms with Crippen LogP contribution in [0.15, 0.2) is 12.1 Å². The molecule has 1 aromatic rings. The zero-order valence-corrected chi connectivity index (χ0v) is 9.32. The summed E-state index contributed by atoms with van der Waals surface area (Å²) in [7, 11) is 0. The Balaban J connectivity index is 0.000000791. The fourth-order valence-electron chi connectivity index (χ4n) is 1.17. The quantitative estimate of drug-likeness (QED) is 0.673. The van der Waals surface area contributed by atoms with Gasteiger partial charge >= 0.3 is 0 Å². The molecule has 0 aliphatic carbocycles. The summed E-state index contributed by atoms with van der Waals surface area (Å²) in [6.45, 7) is 7.62. The van der Waals surface area contributed by atoms with Crippen molar-refractivity contribution in [2.75, 3.05) is 0 Å². The van der Waals surface area contributed by atoms with E-state index in [1.807, 2.05) is 27.7 Å². The van der Waals surface area contributed by atoms with Gasteiger partial charge in [-0.2, -0.15) is 0 Å². The maximum atomic E-state index is 13.1. The molecule has 14 heavy (non-hydrogen) atoms. The Morgan fingerprint density at radius 1 is 0.857 bits per heavy atom. The van der Waals surface area contributed by atoms with Crippen LogP contribution < -0.4 is 0 Å². The van der Waals surface area contributed by atoms with E-state index in [1.54, 1.807) is 0 Å². The molecule has 1 rings (SSSR count). The van der Waals surface area contributed by atoms with Crippen LogP contribution in [0, 0.1) is 11.6 Å². The molecule has 0 heterocycles. The van der Waals surface area contributed by atoms with E-state index in [0.717, 1.165) is 0 Å². The van der Waals surface area contributed by atoms with Crippen LogP contribution in [0.5, 0.6) is 0 Å². The van der Waals surface area contributed by atoms with Gasteiger partial charge in [0.25, 0.3) is 0 Å². The number of halogens is 2. The van der Waals surface area contributed by atoms with Crippen LogP contribution >= 0.6 is 0 Å². The third kappa shape index (κ3) is 3.09. The highest BCUT2D eigenvalue weighted by Gasteiger charge is 2.06. The lowest BCUT2D eigenvalue weighted by atomic mass is 10.1. The molecular formula is C12H18F2. The Hall–Kier alpha value is -0.920. The predicted octanol–water partition coefficient (Wildman–Crippen LogP) is 4.12. The molecular weight excluding hydrogens is 182 g/mol. The lowest BCUT2D eigenvalue weighted by molar-refractivity contribution is 0.575. The first-order valence-electron chi connectivity index (χ1n) is 5.15. The molecule has 1 aromatic carbocycles. The van der Waals surface area contributed by atoms with E-state index < -0.39 is 0 Å². The van der Waals surface area contributed by atoms with Gasteiger partial charge in [-0.15, -0.1) is 0 Å². The highest BCUT2D eigenvalue weighted by molar-refractivity contribution is 5.26. The topological polar surface area (TPSA) is 0 Å². The molecule has 0 spiro atoms. The monoisotopic (exact) mass is 200 g/mol. The normalized spacial score (nSPS) is 9.29. The maximum absolute atomic E-state index is 13.1. The zero-order valence-electron chi connectivity index (χ0n) is 9.32. The van der Waals surface area contributed by atoms with Gasteiger partial charge in [0.05, 0.1) is 0 Å². The second-order valence-electron chi connectivity index (χ2n) is 2.74. The van der Waals surface area contributed by atoms with Gasteiger partial charge < -0.3 is 0 Å². The minimum Gasteiger partial charge on any atom is -0.207 e. The summed E-state index contributed by atoms with van der Waals surface area (Å²) in [5.74, 6) is -0.591. The van der Waals surface area contributed by atoms with Gasteiger partial charge in [-0.05, 0) is 36.1 Å². The number of hydrogen-bond donors (Lipinski definition) is 0. The average Bonchev–Trinajstić information content (AvgIpc) is 2.23. The summed E-state index contributed by atoms with van der Waals surface area (Å²) in [6.07, 6.45) is 1.07. The van der Waals surface area contributed by atoms with Crippen LogP contribution in [0.1, 0.15) is 38.8 Å². The van der Waals surface area contributed by atoms with Crippen LogP contribution in [0.2, 0.25) is 0 Å². The Morgan fingerprint density at radius 3 is 1.36 bits per heavy atom. The summed E-state index contributed by atoms with van der Waals surface area (Å²) >= 11 is 0. The van der Waals surface area contributed by atoms with Crippen LogP contribution in [-0.4, -0.2) is 0 Å². The van der Waals surface area contributed by atoms with Gasteiger partial charge in [-0.3, -0.25) is 0 Å². The molecule has 0 atom stereocenters. The Labute approximate surface area is 85.0 Å². The number of aryl methyl sites for hydroxylation is 2. The Bertz CT molecular complexity index is 250. The van der Waals surface area contributed by atoms with Crippen molar-refractivity contribution in [2.45, 2.75) is 40.5 Å².